The topological polar surface area (TPSA) is 107 Å². The molecule has 0 amide bonds. The molecule has 0 radical (unpaired) electrons. The maximum absolute atomic E-state index is 11.2. The molecule has 3 rings (SSSR count). The fourth-order valence-electron chi connectivity index (χ4n) is 2.24. The molecule has 2 aromatic carbocycles. The number of nitro benzene ring substituents is 1. The van der Waals surface area contributed by atoms with E-state index in [1.165, 1.54) is 17.8 Å². The number of nitrogens with one attached hydrogen (secondary N) is 1. The van der Waals surface area contributed by atoms with Crippen LogP contribution in [0.15, 0.2) is 64.5 Å². The number of para-hydroxylation sites is 2. The van der Waals surface area contributed by atoms with Crippen LogP contribution >= 0.6 is 23.4 Å². The second-order valence-electron chi connectivity index (χ2n) is 5.23. The summed E-state index contributed by atoms with van der Waals surface area (Å²) in [5, 5.41) is 14.6. The Hall–Kier alpha value is -2.84. The van der Waals surface area contributed by atoms with Crippen LogP contribution in [-0.2, 0) is 6.54 Å². The maximum atomic E-state index is 11.2. The molecule has 1 heterocycles. The molecule has 0 saturated heterocycles. The van der Waals surface area contributed by atoms with Crippen LogP contribution in [0.1, 0.15) is 5.56 Å². The molecule has 0 spiro atoms. The lowest BCUT2D eigenvalue weighted by atomic mass is 10.2. The van der Waals surface area contributed by atoms with Gasteiger partial charge in [-0.25, -0.2) is 9.97 Å². The number of benzene rings is 2. The molecule has 0 unspecified atom stereocenters. The van der Waals surface area contributed by atoms with Gasteiger partial charge in [-0.05, 0) is 29.8 Å². The van der Waals surface area contributed by atoms with Gasteiger partial charge in [-0.15, -0.1) is 0 Å². The van der Waals surface area contributed by atoms with E-state index in [4.69, 9.17) is 17.3 Å². The van der Waals surface area contributed by atoms with Crippen LogP contribution in [-0.4, -0.2) is 14.9 Å². The molecule has 132 valence electrons. The van der Waals surface area contributed by atoms with Crippen molar-refractivity contribution in [3.63, 3.8) is 0 Å². The lowest BCUT2D eigenvalue weighted by molar-refractivity contribution is -0.387. The van der Waals surface area contributed by atoms with Gasteiger partial charge in [0.05, 0.1) is 9.82 Å². The minimum absolute atomic E-state index is 0.0719. The molecule has 3 aromatic rings. The van der Waals surface area contributed by atoms with Crippen molar-refractivity contribution in [2.45, 2.75) is 16.3 Å². The van der Waals surface area contributed by atoms with E-state index >= 15 is 0 Å². The van der Waals surface area contributed by atoms with Gasteiger partial charge in [0.25, 0.3) is 5.69 Å². The number of aromatic nitrogens is 2. The predicted molar refractivity (Wildman–Crippen MR) is 102 cm³/mol. The summed E-state index contributed by atoms with van der Waals surface area (Å²) in [6.45, 7) is 0.400. The zero-order valence-corrected chi connectivity index (χ0v) is 15.0. The second-order valence-corrected chi connectivity index (χ2v) is 6.65. The minimum Gasteiger partial charge on any atom is -0.383 e. The number of nitrogens with two attached hydrogens (primary N) is 1. The Morgan fingerprint density at radius 2 is 1.85 bits per heavy atom. The van der Waals surface area contributed by atoms with E-state index < -0.39 is 0 Å². The summed E-state index contributed by atoms with van der Waals surface area (Å²) in [6.07, 6.45) is 1.56. The summed E-state index contributed by atoms with van der Waals surface area (Å²) >= 11 is 7.03. The highest BCUT2D eigenvalue weighted by atomic mass is 35.5. The first kappa shape index (κ1) is 18.0. The van der Waals surface area contributed by atoms with E-state index in [2.05, 4.69) is 15.3 Å². The zero-order valence-electron chi connectivity index (χ0n) is 13.4. The summed E-state index contributed by atoms with van der Waals surface area (Å²) in [7, 11) is 0. The second kappa shape index (κ2) is 8.03. The third-order valence-electron chi connectivity index (χ3n) is 3.51. The summed E-state index contributed by atoms with van der Waals surface area (Å²) in [4.78, 5) is 20.1. The monoisotopic (exact) mass is 387 g/mol. The van der Waals surface area contributed by atoms with Crippen molar-refractivity contribution in [2.24, 2.45) is 0 Å². The van der Waals surface area contributed by atoms with Crippen molar-refractivity contribution in [1.82, 2.24) is 9.97 Å². The molecular weight excluding hydrogens is 374 g/mol. The predicted octanol–water partition coefficient (Wildman–Crippen LogP) is 4.38. The zero-order chi connectivity index (χ0) is 18.5. The molecule has 0 atom stereocenters. The van der Waals surface area contributed by atoms with Crippen LogP contribution in [0.2, 0.25) is 5.28 Å². The molecule has 0 aliphatic rings. The van der Waals surface area contributed by atoms with Crippen LogP contribution in [0.3, 0.4) is 0 Å². The van der Waals surface area contributed by atoms with Crippen LogP contribution < -0.4 is 11.1 Å². The van der Waals surface area contributed by atoms with E-state index in [9.17, 15) is 10.1 Å². The number of nitrogens with zero attached hydrogens (tertiary/aromatic N) is 3. The number of nitrogen functional groups attached to an aromatic ring is 1. The molecule has 3 N–H and O–H groups in total. The van der Waals surface area contributed by atoms with Crippen molar-refractivity contribution in [2.75, 3.05) is 11.1 Å². The number of hydrogen-bond acceptors (Lipinski definition) is 7. The first-order chi connectivity index (χ1) is 12.5. The van der Waals surface area contributed by atoms with Gasteiger partial charge in [0.15, 0.2) is 0 Å². The largest absolute Gasteiger partial charge is 0.383 e. The van der Waals surface area contributed by atoms with Crippen molar-refractivity contribution in [3.8, 4) is 0 Å². The highest BCUT2D eigenvalue weighted by molar-refractivity contribution is 7.99. The Kier molecular flexibility index (Phi) is 5.55. The quantitative estimate of drug-likeness (QED) is 0.367. The number of rotatable bonds is 6. The minimum atomic E-state index is -0.385. The number of hydrogen-bond donors (Lipinski definition) is 2. The molecule has 0 aliphatic heterocycles. The van der Waals surface area contributed by atoms with Crippen LogP contribution in [0, 0.1) is 10.1 Å². The Labute approximate surface area is 158 Å². The maximum Gasteiger partial charge on any atom is 0.283 e. The lowest BCUT2D eigenvalue weighted by Crippen LogP contribution is -2.06. The van der Waals surface area contributed by atoms with E-state index in [0.29, 0.717) is 22.8 Å². The third kappa shape index (κ3) is 4.22. The Balaban J connectivity index is 1.82. The molecule has 0 fully saturated rings. The molecule has 0 aliphatic carbocycles. The Morgan fingerprint density at radius 1 is 1.15 bits per heavy atom. The highest BCUT2D eigenvalue weighted by Crippen LogP contribution is 2.38. The van der Waals surface area contributed by atoms with Gasteiger partial charge in [-0.2, -0.15) is 0 Å². The fourth-order valence-corrected chi connectivity index (χ4v) is 3.41. The lowest BCUT2D eigenvalue weighted by Gasteiger charge is -2.12. The Morgan fingerprint density at radius 3 is 2.58 bits per heavy atom. The molecule has 1 aromatic heterocycles. The van der Waals surface area contributed by atoms with Gasteiger partial charge in [-0.3, -0.25) is 10.1 Å². The van der Waals surface area contributed by atoms with Gasteiger partial charge >= 0.3 is 0 Å². The SMILES string of the molecule is Nc1nc(Cl)ncc1CNc1ccccc1Sc1ccccc1[N+](=O)[O-]. The average Bonchev–Trinajstić information content (AvgIpc) is 2.62. The average molecular weight is 388 g/mol. The van der Waals surface area contributed by atoms with Crippen molar-refractivity contribution in [1.29, 1.82) is 0 Å². The number of anilines is 2. The first-order valence-corrected chi connectivity index (χ1v) is 8.75. The summed E-state index contributed by atoms with van der Waals surface area (Å²) in [6, 6.07) is 14.2. The molecule has 7 nitrogen and oxygen atoms in total. The van der Waals surface area contributed by atoms with Crippen molar-refractivity contribution in [3.05, 3.63) is 75.7 Å². The van der Waals surface area contributed by atoms with Gasteiger partial charge in [-0.1, -0.05) is 36.0 Å². The van der Waals surface area contributed by atoms with Gasteiger partial charge < -0.3 is 11.1 Å². The van der Waals surface area contributed by atoms with Crippen molar-refractivity contribution < 1.29 is 4.92 Å². The molecule has 0 saturated carbocycles. The van der Waals surface area contributed by atoms with Crippen LogP contribution in [0.5, 0.6) is 0 Å². The molecule has 0 bridgehead atoms. The van der Waals surface area contributed by atoms with E-state index in [1.54, 1.807) is 24.4 Å². The Bertz CT molecular complexity index is 954. The standard InChI is InChI=1S/C17H14ClN5O2S/c18-17-21-10-11(16(19)22-17)9-20-12-5-1-3-7-14(12)26-15-8-4-2-6-13(15)23(24)25/h1-8,10,20H,9H2,(H2,19,21,22). The molecular formula is C17H14ClN5O2S. The number of halogens is 1. The van der Waals surface area contributed by atoms with Gasteiger partial charge in [0.2, 0.25) is 5.28 Å². The fraction of sp³-hybridized carbons (Fsp3) is 0.0588. The summed E-state index contributed by atoms with van der Waals surface area (Å²) in [5.41, 5.74) is 7.45. The number of nitro groups is 1. The van der Waals surface area contributed by atoms with Crippen LogP contribution in [0.25, 0.3) is 0 Å². The van der Waals surface area contributed by atoms with E-state index in [0.717, 1.165) is 10.6 Å². The van der Waals surface area contributed by atoms with Crippen LogP contribution in [0.4, 0.5) is 17.2 Å². The van der Waals surface area contributed by atoms with E-state index in [-0.39, 0.29) is 15.9 Å². The first-order valence-electron chi connectivity index (χ1n) is 7.55. The third-order valence-corrected chi connectivity index (χ3v) is 4.83. The molecule has 9 heteroatoms. The summed E-state index contributed by atoms with van der Waals surface area (Å²) < 4.78 is 0. The van der Waals surface area contributed by atoms with Gasteiger partial charge in [0.1, 0.15) is 5.82 Å². The summed E-state index contributed by atoms with van der Waals surface area (Å²) in [5.74, 6) is 0.307. The van der Waals surface area contributed by atoms with E-state index in [1.807, 2.05) is 24.3 Å². The normalized spacial score (nSPS) is 10.5. The van der Waals surface area contributed by atoms with Crippen molar-refractivity contribution >= 4 is 40.6 Å². The van der Waals surface area contributed by atoms with Gasteiger partial charge in [0, 0.05) is 35.0 Å². The highest BCUT2D eigenvalue weighted by Gasteiger charge is 2.15. The molecule has 26 heavy (non-hydrogen) atoms. The smallest absolute Gasteiger partial charge is 0.283 e.